The van der Waals surface area contributed by atoms with Crippen molar-refractivity contribution in [3.63, 3.8) is 0 Å². The lowest BCUT2D eigenvalue weighted by Crippen LogP contribution is -2.09. The lowest BCUT2D eigenvalue weighted by molar-refractivity contribution is 0.355. The second-order valence-corrected chi connectivity index (χ2v) is 6.69. The van der Waals surface area contributed by atoms with Crippen LogP contribution in [0.2, 0.25) is 0 Å². The molecule has 0 fully saturated rings. The van der Waals surface area contributed by atoms with Crippen molar-refractivity contribution in [2.45, 2.75) is 13.8 Å². The van der Waals surface area contributed by atoms with E-state index in [1.807, 2.05) is 19.9 Å². The quantitative estimate of drug-likeness (QED) is 0.478. The van der Waals surface area contributed by atoms with Crippen molar-refractivity contribution in [2.75, 3.05) is 14.2 Å². The highest BCUT2D eigenvalue weighted by atomic mass is 16.5. The highest BCUT2D eigenvalue weighted by molar-refractivity contribution is 5.82. The smallest absolute Gasteiger partial charge is 0.322 e. The third-order valence-electron chi connectivity index (χ3n) is 4.56. The molecule has 0 N–H and O–H groups in total. The molecule has 30 heavy (non-hydrogen) atoms. The molecule has 0 aliphatic rings. The Morgan fingerprint density at radius 2 is 1.57 bits per heavy atom. The molecule has 7 heteroatoms. The number of methoxy groups -OCH3 is 2. The van der Waals surface area contributed by atoms with Gasteiger partial charge in [0, 0.05) is 17.0 Å². The summed E-state index contributed by atoms with van der Waals surface area (Å²) in [7, 11) is 3.10. The summed E-state index contributed by atoms with van der Waals surface area (Å²) in [6.45, 7) is 3.67. The third kappa shape index (κ3) is 3.57. The van der Waals surface area contributed by atoms with E-state index in [9.17, 15) is 4.79 Å². The van der Waals surface area contributed by atoms with Gasteiger partial charge in [0.15, 0.2) is 17.3 Å². The molecule has 0 amide bonds. The lowest BCUT2D eigenvalue weighted by atomic mass is 10.1. The molecule has 0 saturated heterocycles. The van der Waals surface area contributed by atoms with Crippen LogP contribution in [0.5, 0.6) is 23.3 Å². The maximum absolute atomic E-state index is 13.3. The first-order chi connectivity index (χ1) is 14.5. The number of fused-ring (bicyclic) bond motifs is 1. The maximum Gasteiger partial charge on any atom is 0.322 e. The van der Waals surface area contributed by atoms with E-state index in [4.69, 9.17) is 18.6 Å². The zero-order valence-electron chi connectivity index (χ0n) is 17.1. The van der Waals surface area contributed by atoms with Crippen LogP contribution in [-0.4, -0.2) is 24.2 Å². The molecule has 0 saturated carbocycles. The molecule has 0 atom stereocenters. The van der Waals surface area contributed by atoms with E-state index >= 15 is 0 Å². The predicted molar refractivity (Wildman–Crippen MR) is 113 cm³/mol. The van der Waals surface area contributed by atoms with Crippen LogP contribution in [0.1, 0.15) is 11.4 Å². The van der Waals surface area contributed by atoms with Gasteiger partial charge in [-0.15, -0.1) is 0 Å². The first kappa shape index (κ1) is 19.4. The Bertz CT molecular complexity index is 1280. The van der Waals surface area contributed by atoms with Crippen LogP contribution in [0.4, 0.5) is 0 Å². The summed E-state index contributed by atoms with van der Waals surface area (Å²) >= 11 is 0. The zero-order valence-corrected chi connectivity index (χ0v) is 17.1. The molecule has 152 valence electrons. The molecule has 0 bridgehead atoms. The molecule has 4 aromatic rings. The molecular weight excluding hydrogens is 384 g/mol. The summed E-state index contributed by atoms with van der Waals surface area (Å²) in [5.74, 6) is 1.32. The highest BCUT2D eigenvalue weighted by Gasteiger charge is 2.21. The summed E-state index contributed by atoms with van der Waals surface area (Å²) in [4.78, 5) is 21.9. The van der Waals surface area contributed by atoms with Crippen molar-refractivity contribution in [3.05, 3.63) is 70.1 Å². The highest BCUT2D eigenvalue weighted by Crippen LogP contribution is 2.37. The molecular formula is C23H20N2O5. The summed E-state index contributed by atoms with van der Waals surface area (Å²) in [5.41, 5.74) is 2.19. The Balaban J connectivity index is 1.96. The topological polar surface area (TPSA) is 83.7 Å². The van der Waals surface area contributed by atoms with Crippen molar-refractivity contribution in [3.8, 4) is 34.6 Å². The number of rotatable bonds is 5. The summed E-state index contributed by atoms with van der Waals surface area (Å²) in [6.07, 6.45) is 0. The standard InChI is InChI=1S/C23H20N2O5/c1-13-11-14(2)25-23(24-13)30-22-20(26)16-7-5-6-8-17(16)29-21(22)15-9-10-18(27-3)19(12-15)28-4/h5-12H,1-4H3. The normalized spacial score (nSPS) is 10.8. The van der Waals surface area contributed by atoms with Gasteiger partial charge in [0.1, 0.15) is 5.58 Å². The van der Waals surface area contributed by atoms with Gasteiger partial charge in [-0.3, -0.25) is 4.79 Å². The molecule has 0 aliphatic carbocycles. The van der Waals surface area contributed by atoms with Gasteiger partial charge >= 0.3 is 6.01 Å². The van der Waals surface area contributed by atoms with E-state index in [1.165, 1.54) is 0 Å². The lowest BCUT2D eigenvalue weighted by Gasteiger charge is -2.13. The van der Waals surface area contributed by atoms with Gasteiger partial charge in [-0.25, -0.2) is 9.97 Å². The van der Waals surface area contributed by atoms with Gasteiger partial charge in [0.2, 0.25) is 11.2 Å². The minimum atomic E-state index is -0.315. The largest absolute Gasteiger partial charge is 0.493 e. The van der Waals surface area contributed by atoms with Crippen LogP contribution < -0.4 is 19.6 Å². The van der Waals surface area contributed by atoms with Crippen LogP contribution in [-0.2, 0) is 0 Å². The van der Waals surface area contributed by atoms with Crippen LogP contribution in [0.15, 0.2) is 57.7 Å². The van der Waals surface area contributed by atoms with Crippen molar-refractivity contribution in [1.82, 2.24) is 9.97 Å². The van der Waals surface area contributed by atoms with Gasteiger partial charge in [0.25, 0.3) is 0 Å². The van der Waals surface area contributed by atoms with E-state index < -0.39 is 0 Å². The fourth-order valence-electron chi connectivity index (χ4n) is 3.22. The number of para-hydroxylation sites is 1. The molecule has 2 heterocycles. The third-order valence-corrected chi connectivity index (χ3v) is 4.56. The van der Waals surface area contributed by atoms with Gasteiger partial charge < -0.3 is 18.6 Å². The molecule has 7 nitrogen and oxygen atoms in total. The van der Waals surface area contributed by atoms with Crippen LogP contribution in [0.3, 0.4) is 0 Å². The van der Waals surface area contributed by atoms with E-state index in [2.05, 4.69) is 9.97 Å². The number of hydrogen-bond donors (Lipinski definition) is 0. The fourth-order valence-corrected chi connectivity index (χ4v) is 3.22. The monoisotopic (exact) mass is 404 g/mol. The maximum atomic E-state index is 13.3. The Morgan fingerprint density at radius 3 is 2.27 bits per heavy atom. The number of benzene rings is 2. The Labute approximate surface area is 172 Å². The Hall–Kier alpha value is -3.87. The number of hydrogen-bond acceptors (Lipinski definition) is 7. The van der Waals surface area contributed by atoms with Crippen LogP contribution >= 0.6 is 0 Å². The van der Waals surface area contributed by atoms with Gasteiger partial charge in [-0.2, -0.15) is 0 Å². The van der Waals surface area contributed by atoms with Crippen LogP contribution in [0, 0.1) is 13.8 Å². The second kappa shape index (κ2) is 7.87. The summed E-state index contributed by atoms with van der Waals surface area (Å²) in [5, 5.41) is 0.404. The molecule has 2 aromatic heterocycles. The Morgan fingerprint density at radius 1 is 0.867 bits per heavy atom. The predicted octanol–water partition coefficient (Wildman–Crippen LogP) is 4.68. The molecule has 2 aromatic carbocycles. The van der Waals surface area contributed by atoms with Crippen molar-refractivity contribution < 1.29 is 18.6 Å². The average Bonchev–Trinajstić information content (AvgIpc) is 2.74. The number of aryl methyl sites for hydroxylation is 2. The van der Waals surface area contributed by atoms with E-state index in [0.717, 1.165) is 11.4 Å². The van der Waals surface area contributed by atoms with E-state index in [-0.39, 0.29) is 22.9 Å². The van der Waals surface area contributed by atoms with Gasteiger partial charge in [0.05, 0.1) is 19.6 Å². The SMILES string of the molecule is COc1ccc(-c2oc3ccccc3c(=O)c2Oc2nc(C)cc(C)n2)cc1OC. The van der Waals surface area contributed by atoms with Gasteiger partial charge in [-0.05, 0) is 50.2 Å². The molecule has 0 unspecified atom stereocenters. The molecule has 0 spiro atoms. The van der Waals surface area contributed by atoms with Crippen molar-refractivity contribution >= 4 is 11.0 Å². The second-order valence-electron chi connectivity index (χ2n) is 6.69. The van der Waals surface area contributed by atoms with Gasteiger partial charge in [-0.1, -0.05) is 12.1 Å². The van der Waals surface area contributed by atoms with Crippen molar-refractivity contribution in [2.24, 2.45) is 0 Å². The zero-order chi connectivity index (χ0) is 21.3. The van der Waals surface area contributed by atoms with Crippen molar-refractivity contribution in [1.29, 1.82) is 0 Å². The van der Waals surface area contributed by atoms with E-state index in [0.29, 0.717) is 28.0 Å². The average molecular weight is 404 g/mol. The number of nitrogens with zero attached hydrogens (tertiary/aromatic N) is 2. The number of ether oxygens (including phenoxy) is 3. The Kier molecular flexibility index (Phi) is 5.10. The minimum Gasteiger partial charge on any atom is -0.493 e. The summed E-state index contributed by atoms with van der Waals surface area (Å²) in [6, 6.07) is 14.1. The number of aromatic nitrogens is 2. The molecule has 0 aliphatic heterocycles. The molecule has 0 radical (unpaired) electrons. The first-order valence-electron chi connectivity index (χ1n) is 9.28. The fraction of sp³-hybridized carbons (Fsp3) is 0.174. The summed E-state index contributed by atoms with van der Waals surface area (Å²) < 4.78 is 22.7. The van der Waals surface area contributed by atoms with E-state index in [1.54, 1.807) is 56.7 Å². The first-order valence-corrected chi connectivity index (χ1v) is 9.28. The minimum absolute atomic E-state index is 0.00548. The molecule has 4 rings (SSSR count). The van der Waals surface area contributed by atoms with Crippen LogP contribution in [0.25, 0.3) is 22.3 Å².